The first-order chi connectivity index (χ1) is 9.76. The molecule has 0 unspecified atom stereocenters. The lowest BCUT2D eigenvalue weighted by atomic mass is 10.2. The van der Waals surface area contributed by atoms with E-state index in [9.17, 15) is 0 Å². The Morgan fingerprint density at radius 3 is 2.85 bits per heavy atom. The van der Waals surface area contributed by atoms with Crippen molar-refractivity contribution in [3.05, 3.63) is 48.0 Å². The van der Waals surface area contributed by atoms with Crippen LogP contribution in [0.15, 0.2) is 46.8 Å². The van der Waals surface area contributed by atoms with Crippen molar-refractivity contribution in [3.8, 4) is 0 Å². The van der Waals surface area contributed by atoms with Gasteiger partial charge >= 0.3 is 0 Å². The van der Waals surface area contributed by atoms with Crippen molar-refractivity contribution in [3.63, 3.8) is 0 Å². The summed E-state index contributed by atoms with van der Waals surface area (Å²) in [6.45, 7) is 2.34. The van der Waals surface area contributed by atoms with Crippen molar-refractivity contribution in [2.75, 3.05) is 0 Å². The lowest BCUT2D eigenvalue weighted by molar-refractivity contribution is 0.852. The van der Waals surface area contributed by atoms with E-state index < -0.39 is 0 Å². The number of para-hydroxylation sites is 1. The van der Waals surface area contributed by atoms with E-state index in [1.165, 1.54) is 11.8 Å². The molecule has 5 nitrogen and oxygen atoms in total. The molecule has 0 spiro atoms. The van der Waals surface area contributed by atoms with E-state index in [2.05, 4.69) is 19.9 Å². The van der Waals surface area contributed by atoms with Crippen LogP contribution in [0.3, 0.4) is 0 Å². The third kappa shape index (κ3) is 2.61. The topological polar surface area (TPSA) is 77.6 Å². The monoisotopic (exact) mass is 283 g/mol. The fourth-order valence-corrected chi connectivity index (χ4v) is 2.81. The maximum absolute atomic E-state index is 5.65. The molecule has 2 heterocycles. The number of benzene rings is 1. The number of nitrogens with zero attached hydrogens (tertiary/aromatic N) is 4. The van der Waals surface area contributed by atoms with Gasteiger partial charge in [-0.05, 0) is 30.8 Å². The van der Waals surface area contributed by atoms with Crippen LogP contribution in [-0.2, 0) is 6.54 Å². The summed E-state index contributed by atoms with van der Waals surface area (Å²) in [5.74, 6) is 0. The van der Waals surface area contributed by atoms with Gasteiger partial charge in [-0.1, -0.05) is 18.2 Å². The number of nitrogens with two attached hydrogens (primary N) is 1. The first-order valence-corrected chi connectivity index (χ1v) is 7.00. The van der Waals surface area contributed by atoms with Crippen LogP contribution in [0.4, 0.5) is 0 Å². The van der Waals surface area contributed by atoms with Crippen LogP contribution in [0.1, 0.15) is 11.4 Å². The van der Waals surface area contributed by atoms with Gasteiger partial charge < -0.3 is 5.73 Å². The zero-order valence-corrected chi connectivity index (χ0v) is 11.8. The fraction of sp³-hybridized carbons (Fsp3) is 0.143. The molecule has 0 saturated carbocycles. The van der Waals surface area contributed by atoms with Crippen molar-refractivity contribution in [1.29, 1.82) is 0 Å². The van der Waals surface area contributed by atoms with E-state index in [1.54, 1.807) is 6.33 Å². The van der Waals surface area contributed by atoms with E-state index in [0.717, 1.165) is 27.3 Å². The fourth-order valence-electron chi connectivity index (χ4n) is 1.90. The van der Waals surface area contributed by atoms with Gasteiger partial charge in [0.2, 0.25) is 0 Å². The zero-order valence-electron chi connectivity index (χ0n) is 10.9. The molecule has 0 aliphatic heterocycles. The maximum Gasteiger partial charge on any atom is 0.194 e. The number of hydrogen-bond acceptors (Lipinski definition) is 6. The second-order valence-corrected chi connectivity index (χ2v) is 5.24. The molecule has 3 rings (SSSR count). The molecule has 1 aromatic carbocycles. The molecule has 0 bridgehead atoms. The van der Waals surface area contributed by atoms with E-state index in [-0.39, 0.29) is 0 Å². The van der Waals surface area contributed by atoms with Gasteiger partial charge in [-0.3, -0.25) is 0 Å². The molecule has 20 heavy (non-hydrogen) atoms. The quantitative estimate of drug-likeness (QED) is 0.587. The van der Waals surface area contributed by atoms with Gasteiger partial charge in [-0.25, -0.2) is 19.9 Å². The highest BCUT2D eigenvalue weighted by atomic mass is 32.2. The molecule has 3 aromatic rings. The Labute approximate surface area is 120 Å². The van der Waals surface area contributed by atoms with Gasteiger partial charge in [0.15, 0.2) is 5.16 Å². The summed E-state index contributed by atoms with van der Waals surface area (Å²) in [5.41, 5.74) is 8.30. The predicted octanol–water partition coefficient (Wildman–Crippen LogP) is 2.34. The van der Waals surface area contributed by atoms with Gasteiger partial charge in [-0.2, -0.15) is 0 Å². The smallest absolute Gasteiger partial charge is 0.194 e. The minimum absolute atomic E-state index is 0.404. The second kappa shape index (κ2) is 5.52. The van der Waals surface area contributed by atoms with Crippen LogP contribution < -0.4 is 5.73 Å². The summed E-state index contributed by atoms with van der Waals surface area (Å²) in [7, 11) is 0. The third-order valence-corrected chi connectivity index (χ3v) is 3.67. The Kier molecular flexibility index (Phi) is 3.58. The highest BCUT2D eigenvalue weighted by molar-refractivity contribution is 7.99. The van der Waals surface area contributed by atoms with Gasteiger partial charge in [-0.15, -0.1) is 0 Å². The normalized spacial score (nSPS) is 10.9. The Bertz CT molecular complexity index is 754. The summed E-state index contributed by atoms with van der Waals surface area (Å²) in [6.07, 6.45) is 1.56. The van der Waals surface area contributed by atoms with Crippen LogP contribution in [0, 0.1) is 6.92 Å². The molecular formula is C14H13N5S. The number of fused-ring (bicyclic) bond motifs is 1. The largest absolute Gasteiger partial charge is 0.325 e. The van der Waals surface area contributed by atoms with Gasteiger partial charge in [0.1, 0.15) is 11.4 Å². The highest BCUT2D eigenvalue weighted by Gasteiger charge is 2.08. The first-order valence-electron chi connectivity index (χ1n) is 6.18. The highest BCUT2D eigenvalue weighted by Crippen LogP contribution is 2.28. The molecule has 0 aliphatic rings. The molecule has 0 radical (unpaired) electrons. The second-order valence-electron chi connectivity index (χ2n) is 4.29. The molecule has 100 valence electrons. The number of rotatable bonds is 3. The van der Waals surface area contributed by atoms with Crippen LogP contribution in [0.25, 0.3) is 10.9 Å². The average Bonchev–Trinajstić information content (AvgIpc) is 2.47. The lowest BCUT2D eigenvalue weighted by Gasteiger charge is -2.05. The summed E-state index contributed by atoms with van der Waals surface area (Å²) in [5, 5.41) is 2.51. The SMILES string of the molecule is Cc1cc(CN)nc(Sc2ncnc3ccccc23)n1. The van der Waals surface area contributed by atoms with Crippen molar-refractivity contribution >= 4 is 22.7 Å². The van der Waals surface area contributed by atoms with Crippen molar-refractivity contribution < 1.29 is 0 Å². The molecule has 6 heteroatoms. The number of aromatic nitrogens is 4. The van der Waals surface area contributed by atoms with Crippen LogP contribution in [0.2, 0.25) is 0 Å². The first kappa shape index (κ1) is 13.0. The van der Waals surface area contributed by atoms with Gasteiger partial charge in [0, 0.05) is 17.6 Å². The van der Waals surface area contributed by atoms with Gasteiger partial charge in [0.25, 0.3) is 0 Å². The average molecular weight is 283 g/mol. The Balaban J connectivity index is 2.03. The zero-order chi connectivity index (χ0) is 13.9. The number of aryl methyl sites for hydroxylation is 1. The lowest BCUT2D eigenvalue weighted by Crippen LogP contribution is -2.03. The predicted molar refractivity (Wildman–Crippen MR) is 78.3 cm³/mol. The van der Waals surface area contributed by atoms with E-state index in [1.807, 2.05) is 37.3 Å². The van der Waals surface area contributed by atoms with Crippen LogP contribution in [-0.4, -0.2) is 19.9 Å². The van der Waals surface area contributed by atoms with Crippen LogP contribution >= 0.6 is 11.8 Å². The summed E-state index contributed by atoms with van der Waals surface area (Å²) in [4.78, 5) is 17.4. The minimum Gasteiger partial charge on any atom is -0.325 e. The minimum atomic E-state index is 0.404. The molecule has 0 atom stereocenters. The van der Waals surface area contributed by atoms with E-state index in [0.29, 0.717) is 11.7 Å². The Morgan fingerprint density at radius 1 is 1.15 bits per heavy atom. The summed E-state index contributed by atoms with van der Waals surface area (Å²) in [6, 6.07) is 9.78. The Hall–Kier alpha value is -2.05. The van der Waals surface area contributed by atoms with E-state index in [4.69, 9.17) is 5.73 Å². The van der Waals surface area contributed by atoms with Crippen molar-refractivity contribution in [2.24, 2.45) is 5.73 Å². The van der Waals surface area contributed by atoms with E-state index >= 15 is 0 Å². The Morgan fingerprint density at radius 2 is 2.00 bits per heavy atom. The number of hydrogen-bond donors (Lipinski definition) is 1. The molecule has 0 fully saturated rings. The third-order valence-electron chi connectivity index (χ3n) is 2.79. The summed E-state index contributed by atoms with van der Waals surface area (Å²) < 4.78 is 0. The standard InChI is InChI=1S/C14H13N5S/c1-9-6-10(7-15)19-14(18-9)20-13-11-4-2-3-5-12(11)16-8-17-13/h2-6,8H,7,15H2,1H3. The van der Waals surface area contributed by atoms with Gasteiger partial charge in [0.05, 0.1) is 11.2 Å². The summed E-state index contributed by atoms with van der Waals surface area (Å²) >= 11 is 1.43. The molecule has 0 aliphatic carbocycles. The molecular weight excluding hydrogens is 270 g/mol. The van der Waals surface area contributed by atoms with Crippen LogP contribution in [0.5, 0.6) is 0 Å². The molecule has 2 N–H and O–H groups in total. The van der Waals surface area contributed by atoms with Crippen molar-refractivity contribution in [1.82, 2.24) is 19.9 Å². The van der Waals surface area contributed by atoms with Crippen molar-refractivity contribution in [2.45, 2.75) is 23.7 Å². The molecule has 0 amide bonds. The maximum atomic E-state index is 5.65. The molecule has 0 saturated heterocycles. The molecule has 2 aromatic heterocycles.